The lowest BCUT2D eigenvalue weighted by Gasteiger charge is -2.14. The molecule has 3 rings (SSSR count). The molecular formula is C18H19FN4O3S. The summed E-state index contributed by atoms with van der Waals surface area (Å²) in [5, 5.41) is 4.39. The Morgan fingerprint density at radius 2 is 1.96 bits per heavy atom. The second-order valence-corrected chi connectivity index (χ2v) is 6.94. The number of carbonyl (C=O) groups is 1. The van der Waals surface area contributed by atoms with Gasteiger partial charge in [0.2, 0.25) is 5.91 Å². The third kappa shape index (κ3) is 3.97. The molecule has 0 spiro atoms. The maximum absolute atomic E-state index is 13.1. The first-order valence-corrected chi connectivity index (χ1v) is 9.36. The third-order valence-corrected chi connectivity index (χ3v) is 4.94. The number of carbonyl (C=O) groups excluding carboxylic acids is 1. The highest BCUT2D eigenvalue weighted by Gasteiger charge is 2.18. The minimum absolute atomic E-state index is 0.0191. The quantitative estimate of drug-likeness (QED) is 0.694. The standard InChI is InChI=1S/C18H19FN4O3S/c1-3-11(2)20-15(24)9-22-14-10-27-21-16(14)17(25)23(18(22)26)8-12-4-6-13(19)7-5-12/h4-7,10-11H,3,8-9H2,1-2H3,(H,20,24)/t11-/m1/s1. The molecule has 0 saturated carbocycles. The molecular weight excluding hydrogens is 371 g/mol. The molecule has 0 saturated heterocycles. The van der Waals surface area contributed by atoms with Crippen LogP contribution in [0, 0.1) is 5.82 Å². The number of hydrogen-bond acceptors (Lipinski definition) is 5. The summed E-state index contributed by atoms with van der Waals surface area (Å²) < 4.78 is 19.5. The molecule has 1 N–H and O–H groups in total. The van der Waals surface area contributed by atoms with E-state index in [0.29, 0.717) is 11.1 Å². The van der Waals surface area contributed by atoms with Gasteiger partial charge in [-0.25, -0.2) is 9.18 Å². The number of nitrogens with zero attached hydrogens (tertiary/aromatic N) is 3. The van der Waals surface area contributed by atoms with E-state index < -0.39 is 17.1 Å². The highest BCUT2D eigenvalue weighted by atomic mass is 32.1. The summed E-state index contributed by atoms with van der Waals surface area (Å²) >= 11 is 1.05. The van der Waals surface area contributed by atoms with Crippen molar-refractivity contribution in [3.8, 4) is 0 Å². The van der Waals surface area contributed by atoms with Gasteiger partial charge < -0.3 is 5.32 Å². The van der Waals surface area contributed by atoms with E-state index in [9.17, 15) is 18.8 Å². The lowest BCUT2D eigenvalue weighted by Crippen LogP contribution is -2.43. The summed E-state index contributed by atoms with van der Waals surface area (Å²) in [5.74, 6) is -0.717. The van der Waals surface area contributed by atoms with E-state index in [4.69, 9.17) is 0 Å². The molecule has 0 unspecified atom stereocenters. The van der Waals surface area contributed by atoms with Gasteiger partial charge in [-0.1, -0.05) is 19.1 Å². The maximum atomic E-state index is 13.1. The average molecular weight is 390 g/mol. The Kier molecular flexibility index (Phi) is 5.50. The molecule has 1 amide bonds. The molecule has 1 atom stereocenters. The molecule has 0 aliphatic carbocycles. The van der Waals surface area contributed by atoms with Crippen molar-refractivity contribution in [2.45, 2.75) is 39.4 Å². The van der Waals surface area contributed by atoms with Crippen LogP contribution in [0.1, 0.15) is 25.8 Å². The number of benzene rings is 1. The Labute approximate surface area is 158 Å². The molecule has 3 aromatic rings. The number of amides is 1. The topological polar surface area (TPSA) is 86.0 Å². The summed E-state index contributed by atoms with van der Waals surface area (Å²) in [6, 6.07) is 5.52. The van der Waals surface area contributed by atoms with Crippen LogP contribution >= 0.6 is 11.5 Å². The number of nitrogens with one attached hydrogen (secondary N) is 1. The van der Waals surface area contributed by atoms with Crippen molar-refractivity contribution in [1.82, 2.24) is 18.8 Å². The van der Waals surface area contributed by atoms with Gasteiger partial charge in [-0.15, -0.1) is 0 Å². The second kappa shape index (κ2) is 7.83. The van der Waals surface area contributed by atoms with Gasteiger partial charge in [-0.05, 0) is 42.6 Å². The molecule has 0 bridgehead atoms. The number of hydrogen-bond donors (Lipinski definition) is 1. The van der Waals surface area contributed by atoms with E-state index in [-0.39, 0.29) is 30.6 Å². The van der Waals surface area contributed by atoms with Crippen LogP contribution in [0.3, 0.4) is 0 Å². The Hall–Kier alpha value is -2.81. The third-order valence-electron chi connectivity index (χ3n) is 4.33. The average Bonchev–Trinajstić information content (AvgIpc) is 3.13. The molecule has 0 aliphatic heterocycles. The van der Waals surface area contributed by atoms with E-state index in [2.05, 4.69) is 9.69 Å². The van der Waals surface area contributed by atoms with Crippen molar-refractivity contribution in [3.63, 3.8) is 0 Å². The van der Waals surface area contributed by atoms with Gasteiger partial charge in [0.15, 0.2) is 5.52 Å². The van der Waals surface area contributed by atoms with Gasteiger partial charge in [0.05, 0.1) is 12.1 Å². The van der Waals surface area contributed by atoms with E-state index in [1.807, 2.05) is 13.8 Å². The van der Waals surface area contributed by atoms with Crippen LogP contribution in [-0.2, 0) is 17.9 Å². The van der Waals surface area contributed by atoms with Crippen molar-refractivity contribution in [3.05, 3.63) is 61.9 Å². The monoisotopic (exact) mass is 390 g/mol. The largest absolute Gasteiger partial charge is 0.352 e. The number of aromatic nitrogens is 3. The molecule has 7 nitrogen and oxygen atoms in total. The fraction of sp³-hybridized carbons (Fsp3) is 0.333. The van der Waals surface area contributed by atoms with Gasteiger partial charge in [0.25, 0.3) is 5.56 Å². The van der Waals surface area contributed by atoms with Crippen LogP contribution in [0.15, 0.2) is 39.2 Å². The normalized spacial score (nSPS) is 12.3. The molecule has 1 aromatic carbocycles. The molecule has 0 fully saturated rings. The summed E-state index contributed by atoms with van der Waals surface area (Å²) in [7, 11) is 0. The maximum Gasteiger partial charge on any atom is 0.332 e. The van der Waals surface area contributed by atoms with Crippen LogP contribution in [0.25, 0.3) is 11.0 Å². The first kappa shape index (κ1) is 19.0. The highest BCUT2D eigenvalue weighted by molar-refractivity contribution is 7.04. The Morgan fingerprint density at radius 3 is 2.63 bits per heavy atom. The van der Waals surface area contributed by atoms with Gasteiger partial charge in [-0.2, -0.15) is 4.37 Å². The molecule has 142 valence electrons. The number of fused-ring (bicyclic) bond motifs is 1. The SMILES string of the molecule is CC[C@@H](C)NC(=O)Cn1c(=O)n(Cc2ccc(F)cc2)c(=O)c2nscc21. The van der Waals surface area contributed by atoms with Crippen molar-refractivity contribution in [1.29, 1.82) is 0 Å². The molecule has 2 aromatic heterocycles. The van der Waals surface area contributed by atoms with Crippen LogP contribution in [0.2, 0.25) is 0 Å². The van der Waals surface area contributed by atoms with Crippen LogP contribution < -0.4 is 16.6 Å². The summed E-state index contributed by atoms with van der Waals surface area (Å²) in [5.41, 5.74) is -0.0565. The first-order valence-electron chi connectivity index (χ1n) is 8.52. The van der Waals surface area contributed by atoms with Gasteiger partial charge in [0, 0.05) is 11.4 Å². The lowest BCUT2D eigenvalue weighted by atomic mass is 10.2. The van der Waals surface area contributed by atoms with E-state index in [1.165, 1.54) is 28.8 Å². The molecule has 0 radical (unpaired) electrons. The highest BCUT2D eigenvalue weighted by Crippen LogP contribution is 2.10. The minimum atomic E-state index is -0.601. The molecule has 0 aliphatic rings. The summed E-state index contributed by atoms with van der Waals surface area (Å²) in [6.07, 6.45) is 0.764. The zero-order chi connectivity index (χ0) is 19.6. The van der Waals surface area contributed by atoms with Crippen LogP contribution in [-0.4, -0.2) is 25.5 Å². The number of rotatable bonds is 6. The fourth-order valence-electron chi connectivity index (χ4n) is 2.67. The number of halogens is 1. The van der Waals surface area contributed by atoms with Crippen LogP contribution in [0.5, 0.6) is 0 Å². The fourth-order valence-corrected chi connectivity index (χ4v) is 3.33. The van der Waals surface area contributed by atoms with Crippen molar-refractivity contribution in [2.24, 2.45) is 0 Å². The lowest BCUT2D eigenvalue weighted by molar-refractivity contribution is -0.122. The van der Waals surface area contributed by atoms with E-state index >= 15 is 0 Å². The van der Waals surface area contributed by atoms with Crippen LogP contribution in [0.4, 0.5) is 4.39 Å². The van der Waals surface area contributed by atoms with E-state index in [0.717, 1.165) is 22.5 Å². The van der Waals surface area contributed by atoms with Crippen molar-refractivity contribution in [2.75, 3.05) is 0 Å². The van der Waals surface area contributed by atoms with E-state index in [1.54, 1.807) is 5.38 Å². The Morgan fingerprint density at radius 1 is 1.26 bits per heavy atom. The summed E-state index contributed by atoms with van der Waals surface area (Å²) in [4.78, 5) is 37.9. The molecule has 27 heavy (non-hydrogen) atoms. The van der Waals surface area contributed by atoms with Crippen molar-refractivity contribution < 1.29 is 9.18 Å². The zero-order valence-electron chi connectivity index (χ0n) is 14.9. The summed E-state index contributed by atoms with van der Waals surface area (Å²) in [6.45, 7) is 3.58. The second-order valence-electron chi connectivity index (χ2n) is 6.31. The minimum Gasteiger partial charge on any atom is -0.352 e. The smallest absolute Gasteiger partial charge is 0.332 e. The van der Waals surface area contributed by atoms with Gasteiger partial charge >= 0.3 is 5.69 Å². The Bertz CT molecular complexity index is 1080. The predicted molar refractivity (Wildman–Crippen MR) is 102 cm³/mol. The first-order chi connectivity index (χ1) is 12.9. The molecule has 2 heterocycles. The van der Waals surface area contributed by atoms with Gasteiger partial charge in [0.1, 0.15) is 12.4 Å². The van der Waals surface area contributed by atoms with Gasteiger partial charge in [-0.3, -0.25) is 18.7 Å². The molecule has 9 heteroatoms. The Balaban J connectivity index is 2.04. The predicted octanol–water partition coefficient (Wildman–Crippen LogP) is 1.72. The van der Waals surface area contributed by atoms with Crippen molar-refractivity contribution >= 4 is 28.5 Å². The zero-order valence-corrected chi connectivity index (χ0v) is 15.8.